The molecule has 2 unspecified atom stereocenters. The highest BCUT2D eigenvalue weighted by atomic mass is 16.2. The minimum Gasteiger partial charge on any atom is -0.369 e. The van der Waals surface area contributed by atoms with Crippen molar-refractivity contribution in [2.75, 3.05) is 26.2 Å². The van der Waals surface area contributed by atoms with Gasteiger partial charge in [0, 0.05) is 13.1 Å². The molecule has 1 aliphatic heterocycles. The molecule has 2 atom stereocenters. The summed E-state index contributed by atoms with van der Waals surface area (Å²) in [6.45, 7) is 5.14. The van der Waals surface area contributed by atoms with Gasteiger partial charge in [0.05, 0.1) is 6.04 Å². The van der Waals surface area contributed by atoms with Gasteiger partial charge in [-0.25, -0.2) is 0 Å². The lowest BCUT2D eigenvalue weighted by Gasteiger charge is -2.37. The second-order valence-corrected chi connectivity index (χ2v) is 8.83. The van der Waals surface area contributed by atoms with E-state index in [1.807, 2.05) is 60.7 Å². The number of nitrogens with zero attached hydrogens (tertiary/aromatic N) is 1. The van der Waals surface area contributed by atoms with E-state index in [1.165, 1.54) is 0 Å². The number of hydrogen-bond acceptors (Lipinski definition) is 4. The monoisotopic (exact) mass is 436 g/mol. The van der Waals surface area contributed by atoms with Crippen LogP contribution in [0.1, 0.15) is 43.7 Å². The molecule has 0 aromatic heterocycles. The second kappa shape index (κ2) is 11.2. The molecule has 0 saturated carbocycles. The Morgan fingerprint density at radius 1 is 1.03 bits per heavy atom. The summed E-state index contributed by atoms with van der Waals surface area (Å²) < 4.78 is 0. The maximum atomic E-state index is 13.1. The Bertz CT molecular complexity index is 830. The Balaban J connectivity index is 1.65. The Hall–Kier alpha value is -2.70. The number of benzene rings is 2. The van der Waals surface area contributed by atoms with Gasteiger partial charge in [0.1, 0.15) is 5.41 Å². The fraction of sp³-hybridized carbons (Fsp3) is 0.462. The highest BCUT2D eigenvalue weighted by Gasteiger charge is 2.49. The number of carbonyl (C=O) groups excluding carboxylic acids is 2. The zero-order chi connectivity index (χ0) is 23.0. The quantitative estimate of drug-likeness (QED) is 0.471. The van der Waals surface area contributed by atoms with E-state index in [1.54, 1.807) is 6.92 Å². The number of nitrogens with one attached hydrogen (secondary N) is 1. The third kappa shape index (κ3) is 5.37. The Labute approximate surface area is 191 Å². The van der Waals surface area contributed by atoms with Gasteiger partial charge in [-0.3, -0.25) is 9.59 Å². The van der Waals surface area contributed by atoms with Gasteiger partial charge in [-0.2, -0.15) is 0 Å². The van der Waals surface area contributed by atoms with Crippen molar-refractivity contribution in [1.82, 2.24) is 10.2 Å². The SMILES string of the molecule is CC(N)C(=O)NCCCCCN1CCC(C(C(N)=O)(c2ccccc2)c2ccccc2)C1. The minimum absolute atomic E-state index is 0.1000. The third-order valence-corrected chi connectivity index (χ3v) is 6.60. The van der Waals surface area contributed by atoms with Crippen LogP contribution in [0.15, 0.2) is 60.7 Å². The first-order chi connectivity index (χ1) is 15.5. The fourth-order valence-corrected chi connectivity index (χ4v) is 4.92. The van der Waals surface area contributed by atoms with Crippen molar-refractivity contribution in [3.63, 3.8) is 0 Å². The van der Waals surface area contributed by atoms with E-state index in [9.17, 15) is 9.59 Å². The van der Waals surface area contributed by atoms with Crippen LogP contribution in [0.3, 0.4) is 0 Å². The molecule has 32 heavy (non-hydrogen) atoms. The molecular formula is C26H36N4O2. The topological polar surface area (TPSA) is 101 Å². The Morgan fingerprint density at radius 3 is 2.16 bits per heavy atom. The van der Waals surface area contributed by atoms with Crippen molar-refractivity contribution in [2.24, 2.45) is 17.4 Å². The summed E-state index contributed by atoms with van der Waals surface area (Å²) >= 11 is 0. The first kappa shape index (κ1) is 24.0. The van der Waals surface area contributed by atoms with Crippen LogP contribution in [0.4, 0.5) is 0 Å². The molecule has 1 fully saturated rings. The van der Waals surface area contributed by atoms with Crippen LogP contribution in [-0.4, -0.2) is 48.9 Å². The summed E-state index contributed by atoms with van der Waals surface area (Å²) in [4.78, 5) is 27.1. The van der Waals surface area contributed by atoms with Gasteiger partial charge in [0.25, 0.3) is 0 Å². The minimum atomic E-state index is -0.833. The molecule has 3 rings (SSSR count). The maximum Gasteiger partial charge on any atom is 0.236 e. The molecule has 0 spiro atoms. The number of hydrogen-bond donors (Lipinski definition) is 3. The van der Waals surface area contributed by atoms with Crippen LogP contribution in [0, 0.1) is 5.92 Å². The van der Waals surface area contributed by atoms with Crippen molar-refractivity contribution in [2.45, 2.75) is 44.1 Å². The lowest BCUT2D eigenvalue weighted by Crippen LogP contribution is -2.49. The smallest absolute Gasteiger partial charge is 0.236 e. The van der Waals surface area contributed by atoms with E-state index < -0.39 is 11.5 Å². The van der Waals surface area contributed by atoms with Crippen LogP contribution in [0.5, 0.6) is 0 Å². The zero-order valence-corrected chi connectivity index (χ0v) is 19.0. The summed E-state index contributed by atoms with van der Waals surface area (Å²) in [7, 11) is 0. The van der Waals surface area contributed by atoms with Crippen molar-refractivity contribution in [3.8, 4) is 0 Å². The third-order valence-electron chi connectivity index (χ3n) is 6.60. The molecule has 2 amide bonds. The van der Waals surface area contributed by atoms with Gasteiger partial charge >= 0.3 is 0 Å². The first-order valence-corrected chi connectivity index (χ1v) is 11.6. The first-order valence-electron chi connectivity index (χ1n) is 11.6. The molecule has 2 aromatic carbocycles. The fourth-order valence-electron chi connectivity index (χ4n) is 4.92. The van der Waals surface area contributed by atoms with Gasteiger partial charge in [-0.15, -0.1) is 0 Å². The molecular weight excluding hydrogens is 400 g/mol. The predicted molar refractivity (Wildman–Crippen MR) is 128 cm³/mol. The van der Waals surface area contributed by atoms with Gasteiger partial charge in [0.2, 0.25) is 11.8 Å². The van der Waals surface area contributed by atoms with E-state index in [2.05, 4.69) is 10.2 Å². The second-order valence-electron chi connectivity index (χ2n) is 8.83. The molecule has 1 saturated heterocycles. The number of rotatable bonds is 11. The number of likely N-dealkylation sites (tertiary alicyclic amines) is 1. The Kier molecular flexibility index (Phi) is 8.42. The molecule has 0 radical (unpaired) electrons. The molecule has 1 heterocycles. The van der Waals surface area contributed by atoms with Crippen molar-refractivity contribution < 1.29 is 9.59 Å². The summed E-state index contributed by atoms with van der Waals surface area (Å²) in [5.41, 5.74) is 12.8. The summed E-state index contributed by atoms with van der Waals surface area (Å²) in [6.07, 6.45) is 3.96. The number of amides is 2. The zero-order valence-electron chi connectivity index (χ0n) is 19.0. The number of carbonyl (C=O) groups is 2. The van der Waals surface area contributed by atoms with E-state index in [-0.39, 0.29) is 17.7 Å². The van der Waals surface area contributed by atoms with Gasteiger partial charge in [-0.05, 0) is 56.3 Å². The average molecular weight is 437 g/mol. The van der Waals surface area contributed by atoms with Crippen molar-refractivity contribution in [3.05, 3.63) is 71.8 Å². The predicted octanol–water partition coefficient (Wildman–Crippen LogP) is 2.41. The van der Waals surface area contributed by atoms with Crippen molar-refractivity contribution in [1.29, 1.82) is 0 Å². The molecule has 6 nitrogen and oxygen atoms in total. The molecule has 172 valence electrons. The normalized spacial score (nSPS) is 17.8. The van der Waals surface area contributed by atoms with Gasteiger partial charge < -0.3 is 21.7 Å². The summed E-state index contributed by atoms with van der Waals surface area (Å²) in [5.74, 6) is -0.265. The molecule has 1 aliphatic rings. The highest BCUT2D eigenvalue weighted by molar-refractivity contribution is 5.91. The largest absolute Gasteiger partial charge is 0.369 e. The van der Waals surface area contributed by atoms with E-state index in [4.69, 9.17) is 11.5 Å². The van der Waals surface area contributed by atoms with E-state index in [0.29, 0.717) is 6.54 Å². The number of primary amides is 1. The van der Waals surface area contributed by atoms with Crippen LogP contribution in [0.2, 0.25) is 0 Å². The van der Waals surface area contributed by atoms with Crippen LogP contribution in [0.25, 0.3) is 0 Å². The summed E-state index contributed by atoms with van der Waals surface area (Å²) in [6, 6.07) is 19.5. The van der Waals surface area contributed by atoms with Gasteiger partial charge in [-0.1, -0.05) is 67.1 Å². The Morgan fingerprint density at radius 2 is 1.62 bits per heavy atom. The standard InChI is InChI=1S/C26H36N4O2/c1-20(27)24(31)29-16-9-4-10-17-30-18-15-23(19-30)26(25(28)32,21-11-5-2-6-12-21)22-13-7-3-8-14-22/h2-3,5-8,11-14,20,23H,4,9-10,15-19,27H2,1H3,(H2,28,32)(H,29,31). The lowest BCUT2D eigenvalue weighted by atomic mass is 9.64. The lowest BCUT2D eigenvalue weighted by molar-refractivity contribution is -0.124. The maximum absolute atomic E-state index is 13.1. The van der Waals surface area contributed by atoms with Crippen molar-refractivity contribution >= 4 is 11.8 Å². The number of unbranched alkanes of at least 4 members (excludes halogenated alkanes) is 2. The van der Waals surface area contributed by atoms with Crippen LogP contribution < -0.4 is 16.8 Å². The highest BCUT2D eigenvalue weighted by Crippen LogP contribution is 2.43. The molecule has 6 heteroatoms. The van der Waals surface area contributed by atoms with Crippen LogP contribution >= 0.6 is 0 Å². The van der Waals surface area contributed by atoms with Gasteiger partial charge in [0.15, 0.2) is 0 Å². The molecule has 0 bridgehead atoms. The molecule has 2 aromatic rings. The summed E-state index contributed by atoms with van der Waals surface area (Å²) in [5, 5.41) is 2.86. The van der Waals surface area contributed by atoms with Crippen LogP contribution in [-0.2, 0) is 15.0 Å². The van der Waals surface area contributed by atoms with E-state index >= 15 is 0 Å². The number of nitrogens with two attached hydrogens (primary N) is 2. The van der Waals surface area contributed by atoms with E-state index in [0.717, 1.165) is 56.4 Å². The average Bonchev–Trinajstić information content (AvgIpc) is 3.26. The molecule has 5 N–H and O–H groups in total. The molecule has 0 aliphatic carbocycles.